The summed E-state index contributed by atoms with van der Waals surface area (Å²) in [7, 11) is 1.94. The molecule has 1 saturated heterocycles. The molecule has 3 fully saturated rings. The third kappa shape index (κ3) is 2.56. The van der Waals surface area contributed by atoms with Crippen LogP contribution in [-0.4, -0.2) is 37.5 Å². The Kier molecular flexibility index (Phi) is 4.30. The molecule has 130 valence electrons. The van der Waals surface area contributed by atoms with Crippen LogP contribution < -0.4 is 5.32 Å². The molecule has 0 bridgehead atoms. The van der Waals surface area contributed by atoms with Crippen LogP contribution in [0.5, 0.6) is 0 Å². The SMILES string of the molecule is CN=C(NCC1C2Cc3ccccc3C12)N1CCC2(CCC2)C1.I. The van der Waals surface area contributed by atoms with Crippen LogP contribution >= 0.6 is 24.0 Å². The van der Waals surface area contributed by atoms with Crippen molar-refractivity contribution in [3.63, 3.8) is 0 Å². The van der Waals surface area contributed by atoms with Crippen LogP contribution in [-0.2, 0) is 6.42 Å². The second kappa shape index (κ2) is 6.19. The minimum atomic E-state index is 0. The quantitative estimate of drug-likeness (QED) is 0.435. The van der Waals surface area contributed by atoms with E-state index in [2.05, 4.69) is 39.5 Å². The van der Waals surface area contributed by atoms with Gasteiger partial charge in [-0.05, 0) is 60.0 Å². The maximum Gasteiger partial charge on any atom is 0.193 e. The van der Waals surface area contributed by atoms with Gasteiger partial charge >= 0.3 is 0 Å². The van der Waals surface area contributed by atoms with Crippen LogP contribution in [0.25, 0.3) is 0 Å². The topological polar surface area (TPSA) is 27.6 Å². The number of nitrogens with zero attached hydrogens (tertiary/aromatic N) is 2. The Balaban J connectivity index is 0.00000146. The Morgan fingerprint density at radius 2 is 2.12 bits per heavy atom. The largest absolute Gasteiger partial charge is 0.356 e. The van der Waals surface area contributed by atoms with Crippen LogP contribution in [0.15, 0.2) is 29.3 Å². The molecule has 0 radical (unpaired) electrons. The molecule has 1 aliphatic heterocycles. The van der Waals surface area contributed by atoms with Gasteiger partial charge in [0.2, 0.25) is 0 Å². The molecule has 2 saturated carbocycles. The van der Waals surface area contributed by atoms with Crippen molar-refractivity contribution in [2.45, 2.75) is 38.0 Å². The number of hydrogen-bond donors (Lipinski definition) is 1. The van der Waals surface area contributed by atoms with E-state index in [4.69, 9.17) is 0 Å². The van der Waals surface area contributed by atoms with Gasteiger partial charge in [-0.2, -0.15) is 0 Å². The molecule has 1 spiro atoms. The normalized spacial score (nSPS) is 32.0. The van der Waals surface area contributed by atoms with E-state index in [0.29, 0.717) is 5.41 Å². The van der Waals surface area contributed by atoms with Gasteiger partial charge in [0.05, 0.1) is 0 Å². The van der Waals surface area contributed by atoms with Gasteiger partial charge in [0.15, 0.2) is 5.96 Å². The number of rotatable bonds is 2. The van der Waals surface area contributed by atoms with Crippen LogP contribution in [0.1, 0.15) is 42.7 Å². The van der Waals surface area contributed by atoms with Gasteiger partial charge in [0, 0.05) is 26.7 Å². The van der Waals surface area contributed by atoms with E-state index in [9.17, 15) is 0 Å². The third-order valence-electron chi connectivity index (χ3n) is 7.06. The molecular formula is C20H28IN3. The summed E-state index contributed by atoms with van der Waals surface area (Å²) >= 11 is 0. The van der Waals surface area contributed by atoms with E-state index in [0.717, 1.165) is 30.3 Å². The summed E-state index contributed by atoms with van der Waals surface area (Å²) in [6, 6.07) is 9.04. The Morgan fingerprint density at radius 3 is 2.83 bits per heavy atom. The van der Waals surface area contributed by atoms with Gasteiger partial charge in [0.25, 0.3) is 0 Å². The summed E-state index contributed by atoms with van der Waals surface area (Å²) in [4.78, 5) is 7.07. The fraction of sp³-hybridized carbons (Fsp3) is 0.650. The number of fused-ring (bicyclic) bond motifs is 3. The molecule has 1 aromatic rings. The van der Waals surface area contributed by atoms with Crippen molar-refractivity contribution in [1.29, 1.82) is 0 Å². The number of guanidine groups is 1. The minimum absolute atomic E-state index is 0. The molecule has 0 amide bonds. The lowest BCUT2D eigenvalue weighted by molar-refractivity contribution is 0.151. The smallest absolute Gasteiger partial charge is 0.193 e. The van der Waals surface area contributed by atoms with Crippen molar-refractivity contribution in [3.05, 3.63) is 35.4 Å². The zero-order chi connectivity index (χ0) is 15.4. The van der Waals surface area contributed by atoms with E-state index in [-0.39, 0.29) is 24.0 Å². The number of halogens is 1. The maximum atomic E-state index is 4.56. The number of hydrogen-bond acceptors (Lipinski definition) is 1. The van der Waals surface area contributed by atoms with Gasteiger partial charge in [-0.15, -0.1) is 24.0 Å². The Hall–Kier alpha value is -0.780. The molecular weight excluding hydrogens is 409 g/mol. The van der Waals surface area contributed by atoms with Crippen LogP contribution in [0, 0.1) is 17.3 Å². The highest BCUT2D eigenvalue weighted by molar-refractivity contribution is 14.0. The standard InChI is InChI=1S/C20H27N3.HI/c1-21-19(23-10-9-20(13-23)7-4-8-20)22-12-17-16-11-14-5-2-3-6-15(14)18(16)17;/h2-3,5-6,16-18H,4,7-13H2,1H3,(H,21,22);1H. The lowest BCUT2D eigenvalue weighted by Gasteiger charge is -2.38. The van der Waals surface area contributed by atoms with E-state index in [1.165, 1.54) is 45.2 Å². The predicted octanol–water partition coefficient (Wildman–Crippen LogP) is 3.64. The Labute approximate surface area is 162 Å². The van der Waals surface area contributed by atoms with Crippen molar-refractivity contribution in [3.8, 4) is 0 Å². The Bertz CT molecular complexity index is 652. The van der Waals surface area contributed by atoms with Crippen molar-refractivity contribution < 1.29 is 0 Å². The van der Waals surface area contributed by atoms with Crippen LogP contribution in [0.2, 0.25) is 0 Å². The zero-order valence-corrected chi connectivity index (χ0v) is 16.8. The first-order valence-corrected chi connectivity index (χ1v) is 9.33. The first-order valence-electron chi connectivity index (χ1n) is 9.33. The average Bonchev–Trinajstić information content (AvgIpc) is 2.90. The summed E-state index contributed by atoms with van der Waals surface area (Å²) in [6.07, 6.45) is 6.97. The van der Waals surface area contributed by atoms with Gasteiger partial charge in [-0.1, -0.05) is 30.7 Å². The number of benzene rings is 1. The monoisotopic (exact) mass is 437 g/mol. The number of likely N-dealkylation sites (tertiary alicyclic amines) is 1. The molecule has 4 heteroatoms. The molecule has 3 atom stereocenters. The fourth-order valence-electron chi connectivity index (χ4n) is 5.50. The van der Waals surface area contributed by atoms with Crippen LogP contribution in [0.3, 0.4) is 0 Å². The molecule has 1 aromatic carbocycles. The summed E-state index contributed by atoms with van der Waals surface area (Å²) in [5.74, 6) is 3.66. The average molecular weight is 437 g/mol. The molecule has 1 N–H and O–H groups in total. The lowest BCUT2D eigenvalue weighted by Crippen LogP contribution is -2.43. The zero-order valence-electron chi connectivity index (χ0n) is 14.5. The molecule has 1 heterocycles. The van der Waals surface area contributed by atoms with Crippen molar-refractivity contribution in [1.82, 2.24) is 10.2 Å². The van der Waals surface area contributed by atoms with Gasteiger partial charge in [0.1, 0.15) is 0 Å². The number of nitrogens with one attached hydrogen (secondary N) is 1. The molecule has 3 unspecified atom stereocenters. The second-order valence-corrected chi connectivity index (χ2v) is 8.21. The van der Waals surface area contributed by atoms with Gasteiger partial charge < -0.3 is 10.2 Å². The maximum absolute atomic E-state index is 4.56. The summed E-state index contributed by atoms with van der Waals surface area (Å²) in [5, 5.41) is 3.69. The van der Waals surface area contributed by atoms with Gasteiger partial charge in [-0.25, -0.2) is 0 Å². The Morgan fingerprint density at radius 1 is 1.29 bits per heavy atom. The molecule has 3 aliphatic carbocycles. The van der Waals surface area contributed by atoms with E-state index in [1.807, 2.05) is 7.05 Å². The van der Waals surface area contributed by atoms with E-state index >= 15 is 0 Å². The lowest BCUT2D eigenvalue weighted by atomic mass is 9.68. The van der Waals surface area contributed by atoms with E-state index in [1.54, 1.807) is 11.1 Å². The second-order valence-electron chi connectivity index (χ2n) is 8.21. The van der Waals surface area contributed by atoms with Crippen molar-refractivity contribution >= 4 is 29.9 Å². The highest BCUT2D eigenvalue weighted by Gasteiger charge is 2.55. The third-order valence-corrected chi connectivity index (χ3v) is 7.06. The summed E-state index contributed by atoms with van der Waals surface area (Å²) < 4.78 is 0. The predicted molar refractivity (Wildman–Crippen MR) is 109 cm³/mol. The van der Waals surface area contributed by atoms with Gasteiger partial charge in [-0.3, -0.25) is 4.99 Å². The molecule has 5 rings (SSSR count). The first-order chi connectivity index (χ1) is 11.3. The first kappa shape index (κ1) is 16.7. The van der Waals surface area contributed by atoms with Crippen molar-refractivity contribution in [2.24, 2.45) is 22.2 Å². The molecule has 4 aliphatic rings. The fourth-order valence-corrected chi connectivity index (χ4v) is 5.50. The van der Waals surface area contributed by atoms with Crippen LogP contribution in [0.4, 0.5) is 0 Å². The summed E-state index contributed by atoms with van der Waals surface area (Å²) in [6.45, 7) is 3.52. The van der Waals surface area contributed by atoms with E-state index < -0.39 is 0 Å². The highest BCUT2D eigenvalue weighted by atomic mass is 127. The summed E-state index contributed by atoms with van der Waals surface area (Å²) in [5.41, 5.74) is 3.86. The molecule has 3 nitrogen and oxygen atoms in total. The molecule has 24 heavy (non-hydrogen) atoms. The van der Waals surface area contributed by atoms with Crippen molar-refractivity contribution in [2.75, 3.05) is 26.7 Å². The minimum Gasteiger partial charge on any atom is -0.356 e. The molecule has 0 aromatic heterocycles. The highest BCUT2D eigenvalue weighted by Crippen LogP contribution is 2.61. The number of aliphatic imine (C=N–C) groups is 1.